The van der Waals surface area contributed by atoms with E-state index < -0.39 is 0 Å². The molecule has 5 rings (SSSR count). The lowest BCUT2D eigenvalue weighted by atomic mass is 9.74. The van der Waals surface area contributed by atoms with Crippen LogP contribution in [0.5, 0.6) is 11.5 Å². The summed E-state index contributed by atoms with van der Waals surface area (Å²) in [6.45, 7) is 7.29. The Kier molecular flexibility index (Phi) is 7.07. The second-order valence-corrected chi connectivity index (χ2v) is 10.6. The van der Waals surface area contributed by atoms with Gasteiger partial charge < -0.3 is 19.7 Å². The van der Waals surface area contributed by atoms with Crippen molar-refractivity contribution in [3.8, 4) is 11.5 Å². The number of ether oxygens (including phenoxy) is 2. The van der Waals surface area contributed by atoms with E-state index in [9.17, 15) is 9.18 Å². The number of pyridine rings is 1. The average molecular weight is 482 g/mol. The molecular weight excluding hydrogens is 445 g/mol. The number of nitrogens with one attached hydrogen (secondary N) is 1. The number of carbonyl (C=O) groups excluding carboxylic acids is 1. The number of hydrogen-bond acceptors (Lipinski definition) is 5. The van der Waals surface area contributed by atoms with Gasteiger partial charge in [0, 0.05) is 50.5 Å². The molecule has 6 nitrogen and oxygen atoms in total. The van der Waals surface area contributed by atoms with Gasteiger partial charge in [0.15, 0.2) is 0 Å². The number of amides is 1. The third-order valence-corrected chi connectivity index (χ3v) is 8.12. The number of aromatic nitrogens is 1. The minimum Gasteiger partial charge on any atom is -0.456 e. The molecule has 2 aliphatic heterocycles. The van der Waals surface area contributed by atoms with Crippen LogP contribution in [-0.4, -0.2) is 47.6 Å². The standard InChI is InChI=1S/C28H36FN3O3/c1-19(2)28(11-7-23(16-28)31-22-9-13-34-14-10-22)27(33)32-12-8-26-20(18-32)15-25(17-30-26)35-24-5-3-21(29)4-6-24/h3-6,15,17,19,22-23,31H,7-14,16,18H2,1-2H3/t23-,28+/m1/s1. The predicted octanol–water partition coefficient (Wildman–Crippen LogP) is 4.86. The fraction of sp³-hybridized carbons (Fsp3) is 0.571. The first kappa shape index (κ1) is 24.2. The molecule has 2 fully saturated rings. The maximum absolute atomic E-state index is 14.0. The quantitative estimate of drug-likeness (QED) is 0.638. The van der Waals surface area contributed by atoms with Crippen LogP contribution in [-0.2, 0) is 22.5 Å². The molecule has 1 saturated carbocycles. The van der Waals surface area contributed by atoms with Gasteiger partial charge in [-0.25, -0.2) is 4.39 Å². The lowest BCUT2D eigenvalue weighted by molar-refractivity contribution is -0.146. The number of fused-ring (bicyclic) bond motifs is 1. The Bertz CT molecular complexity index is 1040. The Balaban J connectivity index is 1.27. The van der Waals surface area contributed by atoms with Crippen molar-refractivity contribution in [1.29, 1.82) is 0 Å². The van der Waals surface area contributed by atoms with E-state index in [1.165, 1.54) is 12.1 Å². The summed E-state index contributed by atoms with van der Waals surface area (Å²) in [4.78, 5) is 20.6. The van der Waals surface area contributed by atoms with Gasteiger partial charge in [0.25, 0.3) is 0 Å². The van der Waals surface area contributed by atoms with Crippen molar-refractivity contribution < 1.29 is 18.7 Å². The molecular formula is C28H36FN3O3. The fourth-order valence-corrected chi connectivity index (χ4v) is 5.97. The second kappa shape index (κ2) is 10.2. The maximum atomic E-state index is 14.0. The molecule has 2 atom stereocenters. The topological polar surface area (TPSA) is 63.7 Å². The Morgan fingerprint density at radius 3 is 2.69 bits per heavy atom. The highest BCUT2D eigenvalue weighted by Crippen LogP contribution is 2.46. The van der Waals surface area contributed by atoms with Gasteiger partial charge in [0.05, 0.1) is 11.6 Å². The van der Waals surface area contributed by atoms with Crippen LogP contribution in [0, 0.1) is 17.2 Å². The van der Waals surface area contributed by atoms with Gasteiger partial charge >= 0.3 is 0 Å². The van der Waals surface area contributed by atoms with Crippen LogP contribution in [0.3, 0.4) is 0 Å². The van der Waals surface area contributed by atoms with Crippen molar-refractivity contribution in [2.24, 2.45) is 11.3 Å². The normalized spacial score (nSPS) is 25.0. The number of benzene rings is 1. The first-order valence-electron chi connectivity index (χ1n) is 13.0. The highest BCUT2D eigenvalue weighted by molar-refractivity contribution is 5.83. The molecule has 0 bridgehead atoms. The van der Waals surface area contributed by atoms with Gasteiger partial charge in [-0.15, -0.1) is 0 Å². The van der Waals surface area contributed by atoms with E-state index in [1.807, 2.05) is 11.0 Å². The van der Waals surface area contributed by atoms with E-state index in [0.29, 0.717) is 36.7 Å². The molecule has 3 aliphatic rings. The summed E-state index contributed by atoms with van der Waals surface area (Å²) in [6.07, 6.45) is 7.43. The minimum absolute atomic E-state index is 0.277. The Labute approximate surface area is 207 Å². The molecule has 0 spiro atoms. The Morgan fingerprint density at radius 2 is 1.94 bits per heavy atom. The van der Waals surface area contributed by atoms with Crippen molar-refractivity contribution in [3.63, 3.8) is 0 Å². The SMILES string of the molecule is CC(C)[C@]1(C(=O)N2CCc3ncc(Oc4ccc(F)cc4)cc3C2)CC[C@@H](NC2CCOCC2)C1. The number of rotatable bonds is 6. The van der Waals surface area contributed by atoms with Crippen LogP contribution >= 0.6 is 0 Å². The highest BCUT2D eigenvalue weighted by Gasteiger charge is 2.49. The van der Waals surface area contributed by atoms with Crippen LogP contribution in [0.1, 0.15) is 57.2 Å². The zero-order chi connectivity index (χ0) is 24.4. The van der Waals surface area contributed by atoms with Crippen LogP contribution in [0.25, 0.3) is 0 Å². The summed E-state index contributed by atoms with van der Waals surface area (Å²) in [5.74, 6) is 1.42. The Morgan fingerprint density at radius 1 is 1.17 bits per heavy atom. The van der Waals surface area contributed by atoms with Gasteiger partial charge in [0.2, 0.25) is 5.91 Å². The van der Waals surface area contributed by atoms with E-state index in [2.05, 4.69) is 24.1 Å². The average Bonchev–Trinajstić information content (AvgIpc) is 3.30. The van der Waals surface area contributed by atoms with E-state index in [0.717, 1.165) is 63.0 Å². The summed E-state index contributed by atoms with van der Waals surface area (Å²) in [5, 5.41) is 3.83. The summed E-state index contributed by atoms with van der Waals surface area (Å²) in [5.41, 5.74) is 1.72. The van der Waals surface area contributed by atoms with E-state index in [1.54, 1.807) is 18.3 Å². The van der Waals surface area contributed by atoms with Gasteiger partial charge in [0.1, 0.15) is 17.3 Å². The van der Waals surface area contributed by atoms with E-state index >= 15 is 0 Å². The Hall–Kier alpha value is -2.51. The molecule has 1 aromatic heterocycles. The van der Waals surface area contributed by atoms with Crippen LogP contribution in [0.4, 0.5) is 4.39 Å². The van der Waals surface area contributed by atoms with Crippen molar-refractivity contribution in [1.82, 2.24) is 15.2 Å². The third kappa shape index (κ3) is 5.21. The lowest BCUT2D eigenvalue weighted by Gasteiger charge is -2.39. The first-order chi connectivity index (χ1) is 16.9. The van der Waals surface area contributed by atoms with Crippen molar-refractivity contribution in [3.05, 3.63) is 53.6 Å². The molecule has 3 heterocycles. The molecule has 0 radical (unpaired) electrons. The summed E-state index contributed by atoms with van der Waals surface area (Å²) < 4.78 is 24.6. The first-order valence-corrected chi connectivity index (χ1v) is 13.0. The highest BCUT2D eigenvalue weighted by atomic mass is 19.1. The second-order valence-electron chi connectivity index (χ2n) is 10.6. The molecule has 1 aromatic carbocycles. The maximum Gasteiger partial charge on any atom is 0.229 e. The smallest absolute Gasteiger partial charge is 0.229 e. The zero-order valence-corrected chi connectivity index (χ0v) is 20.8. The van der Waals surface area contributed by atoms with Crippen LogP contribution in [0.15, 0.2) is 36.5 Å². The summed E-state index contributed by atoms with van der Waals surface area (Å²) >= 11 is 0. The number of halogens is 1. The molecule has 0 unspecified atom stereocenters. The largest absolute Gasteiger partial charge is 0.456 e. The molecule has 1 aliphatic carbocycles. The summed E-state index contributed by atoms with van der Waals surface area (Å²) in [7, 11) is 0. The minimum atomic E-state index is -0.323. The fourth-order valence-electron chi connectivity index (χ4n) is 5.97. The van der Waals surface area contributed by atoms with Crippen LogP contribution in [0.2, 0.25) is 0 Å². The molecule has 35 heavy (non-hydrogen) atoms. The predicted molar refractivity (Wildman–Crippen MR) is 132 cm³/mol. The van der Waals surface area contributed by atoms with Gasteiger partial charge in [-0.3, -0.25) is 9.78 Å². The van der Waals surface area contributed by atoms with Crippen molar-refractivity contribution in [2.75, 3.05) is 19.8 Å². The molecule has 1 N–H and O–H groups in total. The molecule has 188 valence electrons. The zero-order valence-electron chi connectivity index (χ0n) is 20.8. The van der Waals surface area contributed by atoms with E-state index in [-0.39, 0.29) is 23.1 Å². The van der Waals surface area contributed by atoms with Crippen molar-refractivity contribution >= 4 is 5.91 Å². The molecule has 1 amide bonds. The number of carbonyl (C=O) groups is 1. The molecule has 1 saturated heterocycles. The van der Waals surface area contributed by atoms with Crippen LogP contribution < -0.4 is 10.1 Å². The van der Waals surface area contributed by atoms with E-state index in [4.69, 9.17) is 9.47 Å². The monoisotopic (exact) mass is 481 g/mol. The van der Waals surface area contributed by atoms with Gasteiger partial charge in [-0.2, -0.15) is 0 Å². The number of nitrogens with zero attached hydrogens (tertiary/aromatic N) is 2. The lowest BCUT2D eigenvalue weighted by Crippen LogP contribution is -2.49. The molecule has 7 heteroatoms. The van der Waals surface area contributed by atoms with Gasteiger partial charge in [-0.05, 0) is 73.9 Å². The molecule has 2 aromatic rings. The number of hydrogen-bond donors (Lipinski definition) is 1. The third-order valence-electron chi connectivity index (χ3n) is 8.12. The van der Waals surface area contributed by atoms with Crippen molar-refractivity contribution in [2.45, 2.75) is 71.0 Å². The summed E-state index contributed by atoms with van der Waals surface area (Å²) in [6, 6.07) is 8.80. The van der Waals surface area contributed by atoms with Gasteiger partial charge in [-0.1, -0.05) is 13.8 Å².